The number of nitrogens with one attached hydrogen (secondary N) is 1. The molecule has 4 heteroatoms. The molecule has 21 heavy (non-hydrogen) atoms. The Kier molecular flexibility index (Phi) is 6.06. The molecule has 4 nitrogen and oxygen atoms in total. The third kappa shape index (κ3) is 5.26. The molecule has 2 aliphatic carbocycles. The van der Waals surface area contributed by atoms with E-state index in [1.165, 1.54) is 52.2 Å². The number of carbonyl (C=O) groups excluding carboxylic acids is 1. The lowest BCUT2D eigenvalue weighted by atomic mass is 9.95. The third-order valence-corrected chi connectivity index (χ3v) is 4.72. The van der Waals surface area contributed by atoms with Crippen molar-refractivity contribution >= 4 is 5.97 Å². The van der Waals surface area contributed by atoms with E-state index in [-0.39, 0.29) is 5.97 Å². The minimum absolute atomic E-state index is 0.110. The number of ether oxygens (including phenoxy) is 1. The zero-order valence-corrected chi connectivity index (χ0v) is 14.0. The van der Waals surface area contributed by atoms with Crippen LogP contribution in [0.15, 0.2) is 0 Å². The summed E-state index contributed by atoms with van der Waals surface area (Å²) in [6, 6.07) is 1.34. The monoisotopic (exact) mass is 296 g/mol. The van der Waals surface area contributed by atoms with E-state index >= 15 is 0 Å². The highest BCUT2D eigenvalue weighted by Crippen LogP contribution is 2.29. The number of hydrogen-bond donors (Lipinski definition) is 1. The van der Waals surface area contributed by atoms with E-state index in [2.05, 4.69) is 17.1 Å². The molecular formula is C17H32N2O2. The fourth-order valence-corrected chi connectivity index (χ4v) is 3.05. The van der Waals surface area contributed by atoms with Gasteiger partial charge in [0.15, 0.2) is 0 Å². The van der Waals surface area contributed by atoms with Gasteiger partial charge < -0.3 is 9.64 Å². The lowest BCUT2D eigenvalue weighted by Crippen LogP contribution is -2.51. The van der Waals surface area contributed by atoms with E-state index in [0.717, 1.165) is 25.4 Å². The Balaban J connectivity index is 1.78. The number of rotatable bonds is 11. The molecule has 0 spiro atoms. The van der Waals surface area contributed by atoms with E-state index < -0.39 is 5.54 Å². The zero-order valence-electron chi connectivity index (χ0n) is 14.0. The van der Waals surface area contributed by atoms with Gasteiger partial charge in [0, 0.05) is 12.1 Å². The highest BCUT2D eigenvalue weighted by Gasteiger charge is 2.39. The summed E-state index contributed by atoms with van der Waals surface area (Å²) in [5.74, 6) is -0.110. The molecule has 1 N–H and O–H groups in total. The lowest BCUT2D eigenvalue weighted by molar-refractivity contribution is -0.148. The molecule has 1 unspecified atom stereocenters. The second-order valence-electron chi connectivity index (χ2n) is 6.97. The van der Waals surface area contributed by atoms with Gasteiger partial charge in [0.05, 0.1) is 7.11 Å². The van der Waals surface area contributed by atoms with Gasteiger partial charge in [-0.15, -0.1) is 0 Å². The number of carbonyl (C=O) groups is 1. The van der Waals surface area contributed by atoms with Crippen molar-refractivity contribution in [2.45, 2.75) is 82.8 Å². The van der Waals surface area contributed by atoms with Crippen LogP contribution in [0.25, 0.3) is 0 Å². The van der Waals surface area contributed by atoms with Crippen LogP contribution in [0.3, 0.4) is 0 Å². The Morgan fingerprint density at radius 2 is 1.90 bits per heavy atom. The van der Waals surface area contributed by atoms with Crippen LogP contribution in [0.4, 0.5) is 0 Å². The van der Waals surface area contributed by atoms with Gasteiger partial charge in [-0.3, -0.25) is 10.1 Å². The number of nitrogens with zero attached hydrogens (tertiary/aromatic N) is 1. The maximum Gasteiger partial charge on any atom is 0.325 e. The van der Waals surface area contributed by atoms with Crippen LogP contribution in [0.5, 0.6) is 0 Å². The lowest BCUT2D eigenvalue weighted by Gasteiger charge is -2.30. The summed E-state index contributed by atoms with van der Waals surface area (Å²) in [4.78, 5) is 14.7. The molecule has 2 rings (SSSR count). The van der Waals surface area contributed by atoms with Crippen LogP contribution in [-0.2, 0) is 9.53 Å². The molecule has 0 radical (unpaired) electrons. The van der Waals surface area contributed by atoms with Gasteiger partial charge in [-0.05, 0) is 65.0 Å². The largest absolute Gasteiger partial charge is 0.468 e. The first-order valence-corrected chi connectivity index (χ1v) is 8.69. The maximum atomic E-state index is 12.1. The van der Waals surface area contributed by atoms with Crippen LogP contribution in [-0.4, -0.2) is 48.7 Å². The van der Waals surface area contributed by atoms with Crippen molar-refractivity contribution < 1.29 is 9.53 Å². The summed E-state index contributed by atoms with van der Waals surface area (Å²) in [5, 5.41) is 3.49. The van der Waals surface area contributed by atoms with Crippen molar-refractivity contribution in [1.29, 1.82) is 0 Å². The van der Waals surface area contributed by atoms with Gasteiger partial charge in [-0.2, -0.15) is 0 Å². The SMILES string of the molecule is CCCCN(CCCC(C)(NC1CC1)C(=O)OC)C1CC1. The summed E-state index contributed by atoms with van der Waals surface area (Å²) in [6.07, 6.45) is 9.57. The topological polar surface area (TPSA) is 41.6 Å². The van der Waals surface area contributed by atoms with Crippen LogP contribution in [0.2, 0.25) is 0 Å². The van der Waals surface area contributed by atoms with E-state index in [0.29, 0.717) is 6.04 Å². The molecule has 0 amide bonds. The van der Waals surface area contributed by atoms with Gasteiger partial charge in [0.1, 0.15) is 5.54 Å². The summed E-state index contributed by atoms with van der Waals surface area (Å²) in [5.41, 5.74) is -0.504. The summed E-state index contributed by atoms with van der Waals surface area (Å²) in [6.45, 7) is 6.58. The smallest absolute Gasteiger partial charge is 0.325 e. The predicted molar refractivity (Wildman–Crippen MR) is 85.3 cm³/mol. The van der Waals surface area contributed by atoms with Gasteiger partial charge in [-0.1, -0.05) is 13.3 Å². The minimum atomic E-state index is -0.504. The molecule has 0 aromatic heterocycles. The van der Waals surface area contributed by atoms with Gasteiger partial charge in [-0.25, -0.2) is 0 Å². The molecule has 0 bridgehead atoms. The number of hydrogen-bond acceptors (Lipinski definition) is 4. The summed E-state index contributed by atoms with van der Waals surface area (Å²) >= 11 is 0. The fraction of sp³-hybridized carbons (Fsp3) is 0.941. The molecule has 0 aromatic rings. The molecule has 2 saturated carbocycles. The third-order valence-electron chi connectivity index (χ3n) is 4.72. The van der Waals surface area contributed by atoms with Crippen molar-refractivity contribution in [2.24, 2.45) is 0 Å². The van der Waals surface area contributed by atoms with Crippen LogP contribution >= 0.6 is 0 Å². The predicted octanol–water partition coefficient (Wildman–Crippen LogP) is 2.71. The van der Waals surface area contributed by atoms with Crippen LogP contribution < -0.4 is 5.32 Å². The quantitative estimate of drug-likeness (QED) is 0.595. The maximum absolute atomic E-state index is 12.1. The van der Waals surface area contributed by atoms with Gasteiger partial charge in [0.25, 0.3) is 0 Å². The second-order valence-corrected chi connectivity index (χ2v) is 6.97. The Bertz CT molecular complexity index is 340. The average Bonchev–Trinajstić information content (AvgIpc) is 3.34. The standard InChI is InChI=1S/C17H32N2O2/c1-4-5-12-19(15-9-10-15)13-6-11-17(2,16(20)21-3)18-14-7-8-14/h14-15,18H,4-13H2,1-3H3. The number of unbranched alkanes of at least 4 members (excludes halogenated alkanes) is 1. The highest BCUT2D eigenvalue weighted by molar-refractivity contribution is 5.80. The number of methoxy groups -OCH3 is 1. The molecule has 0 aromatic carbocycles. The molecule has 0 aliphatic heterocycles. The van der Waals surface area contributed by atoms with Crippen LogP contribution in [0, 0.1) is 0 Å². The molecular weight excluding hydrogens is 264 g/mol. The van der Waals surface area contributed by atoms with Crippen molar-refractivity contribution in [3.05, 3.63) is 0 Å². The first kappa shape index (κ1) is 16.8. The van der Waals surface area contributed by atoms with E-state index in [1.807, 2.05) is 6.92 Å². The number of esters is 1. The summed E-state index contributed by atoms with van der Waals surface area (Å²) < 4.78 is 5.01. The van der Waals surface area contributed by atoms with E-state index in [1.54, 1.807) is 0 Å². The van der Waals surface area contributed by atoms with E-state index in [4.69, 9.17) is 4.74 Å². The second kappa shape index (κ2) is 7.59. The van der Waals surface area contributed by atoms with Gasteiger partial charge in [0.2, 0.25) is 0 Å². The molecule has 1 atom stereocenters. The minimum Gasteiger partial charge on any atom is -0.468 e. The Hall–Kier alpha value is -0.610. The Labute approximate surface area is 129 Å². The Morgan fingerprint density at radius 1 is 1.24 bits per heavy atom. The first-order valence-electron chi connectivity index (χ1n) is 8.69. The first-order chi connectivity index (χ1) is 10.1. The molecule has 2 aliphatic rings. The van der Waals surface area contributed by atoms with Crippen molar-refractivity contribution in [3.63, 3.8) is 0 Å². The Morgan fingerprint density at radius 3 is 2.43 bits per heavy atom. The van der Waals surface area contributed by atoms with Crippen molar-refractivity contribution in [1.82, 2.24) is 10.2 Å². The van der Waals surface area contributed by atoms with Gasteiger partial charge >= 0.3 is 5.97 Å². The average molecular weight is 296 g/mol. The molecule has 122 valence electrons. The van der Waals surface area contributed by atoms with Crippen molar-refractivity contribution in [2.75, 3.05) is 20.2 Å². The normalized spacial score (nSPS) is 21.3. The highest BCUT2D eigenvalue weighted by atomic mass is 16.5. The molecule has 2 fully saturated rings. The fourth-order valence-electron chi connectivity index (χ4n) is 3.05. The molecule has 0 heterocycles. The van der Waals surface area contributed by atoms with Crippen LogP contribution in [0.1, 0.15) is 65.2 Å². The van der Waals surface area contributed by atoms with E-state index in [9.17, 15) is 4.79 Å². The van der Waals surface area contributed by atoms with Crippen molar-refractivity contribution in [3.8, 4) is 0 Å². The zero-order chi connectivity index (χ0) is 15.3. The molecule has 0 saturated heterocycles. The summed E-state index contributed by atoms with van der Waals surface area (Å²) in [7, 11) is 1.49.